The van der Waals surface area contributed by atoms with E-state index in [1.807, 2.05) is 18.5 Å². The molecule has 0 radical (unpaired) electrons. The first-order valence-electron chi connectivity index (χ1n) is 6.72. The van der Waals surface area contributed by atoms with Crippen LogP contribution >= 0.6 is 11.6 Å². The van der Waals surface area contributed by atoms with Crippen LogP contribution < -0.4 is 5.32 Å². The molecule has 1 aromatic heterocycles. The minimum Gasteiger partial charge on any atom is -0.335 e. The van der Waals surface area contributed by atoms with Gasteiger partial charge in [0.2, 0.25) is 0 Å². The van der Waals surface area contributed by atoms with Crippen molar-refractivity contribution in [2.24, 2.45) is 0 Å². The number of imidazole rings is 1. The smallest absolute Gasteiger partial charge is 0.113 e. The molecule has 102 valence electrons. The molecule has 4 heteroatoms. The van der Waals surface area contributed by atoms with Gasteiger partial charge in [-0.25, -0.2) is 4.98 Å². The Morgan fingerprint density at radius 1 is 1.32 bits per heavy atom. The van der Waals surface area contributed by atoms with Crippen LogP contribution in [0.1, 0.15) is 30.8 Å². The number of aromatic nitrogens is 2. The summed E-state index contributed by atoms with van der Waals surface area (Å²) in [6, 6.07) is 6.22. The van der Waals surface area contributed by atoms with Gasteiger partial charge in [0, 0.05) is 36.9 Å². The molecule has 2 aromatic rings. The van der Waals surface area contributed by atoms with E-state index in [9.17, 15) is 0 Å². The summed E-state index contributed by atoms with van der Waals surface area (Å²) in [5, 5.41) is 4.13. The molecule has 2 rings (SSSR count). The van der Waals surface area contributed by atoms with Crippen molar-refractivity contribution in [1.29, 1.82) is 0 Å². The second-order valence-corrected chi connectivity index (χ2v) is 4.92. The predicted molar refractivity (Wildman–Crippen MR) is 79.5 cm³/mol. The zero-order chi connectivity index (χ0) is 13.7. The van der Waals surface area contributed by atoms with Crippen LogP contribution in [0.3, 0.4) is 0 Å². The topological polar surface area (TPSA) is 29.9 Å². The lowest BCUT2D eigenvalue weighted by atomic mass is 10.1. The number of benzene rings is 1. The highest BCUT2D eigenvalue weighted by molar-refractivity contribution is 6.31. The van der Waals surface area contributed by atoms with Gasteiger partial charge in [-0.1, -0.05) is 30.7 Å². The third-order valence-electron chi connectivity index (χ3n) is 3.18. The molecule has 0 saturated heterocycles. The Kier molecular flexibility index (Phi) is 5.00. The van der Waals surface area contributed by atoms with E-state index in [0.29, 0.717) is 0 Å². The monoisotopic (exact) mass is 277 g/mol. The van der Waals surface area contributed by atoms with Crippen LogP contribution in [0, 0.1) is 0 Å². The molecule has 0 aliphatic rings. The normalized spacial score (nSPS) is 10.9. The molecule has 0 aliphatic heterocycles. The molecule has 0 spiro atoms. The highest BCUT2D eigenvalue weighted by atomic mass is 35.5. The molecule has 1 heterocycles. The summed E-state index contributed by atoms with van der Waals surface area (Å²) in [5.41, 5.74) is 2.40. The summed E-state index contributed by atoms with van der Waals surface area (Å²) in [6.07, 6.45) is 4.72. The van der Waals surface area contributed by atoms with Crippen LogP contribution in [0.5, 0.6) is 0 Å². The van der Waals surface area contributed by atoms with Crippen molar-refractivity contribution < 1.29 is 0 Å². The predicted octanol–water partition coefficient (Wildman–Crippen LogP) is 3.26. The van der Waals surface area contributed by atoms with E-state index < -0.39 is 0 Å². The molecular formula is C15H20ClN3. The number of halogens is 1. The van der Waals surface area contributed by atoms with Gasteiger partial charge in [-0.15, -0.1) is 0 Å². The van der Waals surface area contributed by atoms with Gasteiger partial charge in [0.25, 0.3) is 0 Å². The van der Waals surface area contributed by atoms with E-state index >= 15 is 0 Å². The Hall–Kier alpha value is -1.32. The van der Waals surface area contributed by atoms with Gasteiger partial charge in [0.15, 0.2) is 0 Å². The zero-order valence-electron chi connectivity index (χ0n) is 11.5. The number of aryl methyl sites for hydroxylation is 1. The van der Waals surface area contributed by atoms with E-state index in [1.54, 1.807) is 0 Å². The summed E-state index contributed by atoms with van der Waals surface area (Å²) in [7, 11) is 0. The van der Waals surface area contributed by atoms with Crippen molar-refractivity contribution >= 4 is 11.6 Å². The summed E-state index contributed by atoms with van der Waals surface area (Å²) in [4.78, 5) is 4.41. The highest BCUT2D eigenvalue weighted by Crippen LogP contribution is 2.19. The fraction of sp³-hybridized carbons (Fsp3) is 0.400. The fourth-order valence-corrected chi connectivity index (χ4v) is 2.30. The Morgan fingerprint density at radius 2 is 2.16 bits per heavy atom. The highest BCUT2D eigenvalue weighted by Gasteiger charge is 2.06. The number of hydrogen-bond donors (Lipinski definition) is 1. The summed E-state index contributed by atoms with van der Waals surface area (Å²) in [6.45, 7) is 6.93. The van der Waals surface area contributed by atoms with Gasteiger partial charge in [0.05, 0.1) is 0 Å². The molecular weight excluding hydrogens is 258 g/mol. The second-order valence-electron chi connectivity index (χ2n) is 4.51. The van der Waals surface area contributed by atoms with Gasteiger partial charge >= 0.3 is 0 Å². The lowest BCUT2D eigenvalue weighted by Gasteiger charge is -2.09. The maximum atomic E-state index is 6.21. The molecule has 1 aromatic carbocycles. The second kappa shape index (κ2) is 6.73. The molecule has 0 unspecified atom stereocenters. The van der Waals surface area contributed by atoms with Crippen LogP contribution in [0.15, 0.2) is 30.6 Å². The molecule has 0 amide bonds. The first kappa shape index (κ1) is 14.1. The minimum absolute atomic E-state index is 0.811. The number of nitrogens with zero attached hydrogens (tertiary/aromatic N) is 2. The van der Waals surface area contributed by atoms with Crippen LogP contribution in [0.4, 0.5) is 0 Å². The van der Waals surface area contributed by atoms with Crippen molar-refractivity contribution in [3.63, 3.8) is 0 Å². The van der Waals surface area contributed by atoms with Gasteiger partial charge in [-0.3, -0.25) is 0 Å². The molecule has 19 heavy (non-hydrogen) atoms. The van der Waals surface area contributed by atoms with Gasteiger partial charge in [0.1, 0.15) is 5.82 Å². The average molecular weight is 278 g/mol. The fourth-order valence-electron chi connectivity index (χ4n) is 2.11. The largest absolute Gasteiger partial charge is 0.335 e. The summed E-state index contributed by atoms with van der Waals surface area (Å²) in [5.74, 6) is 1.10. The SMILES string of the molecule is CCNCc1cc(Cc2nccn2CC)ccc1Cl. The van der Waals surface area contributed by atoms with Crippen LogP contribution in [-0.4, -0.2) is 16.1 Å². The molecule has 0 fully saturated rings. The van der Waals surface area contributed by atoms with Gasteiger partial charge < -0.3 is 9.88 Å². The van der Waals surface area contributed by atoms with Gasteiger partial charge in [-0.2, -0.15) is 0 Å². The quantitative estimate of drug-likeness (QED) is 0.878. The van der Waals surface area contributed by atoms with Crippen molar-refractivity contribution in [3.05, 3.63) is 52.6 Å². The van der Waals surface area contributed by atoms with E-state index in [0.717, 1.165) is 42.5 Å². The Balaban J connectivity index is 2.16. The third-order valence-corrected chi connectivity index (χ3v) is 3.55. The number of hydrogen-bond acceptors (Lipinski definition) is 2. The standard InChI is InChI=1S/C15H20ClN3/c1-3-17-11-13-9-12(5-6-14(13)16)10-15-18-7-8-19(15)4-2/h5-9,17H,3-4,10-11H2,1-2H3. The maximum Gasteiger partial charge on any atom is 0.113 e. The first-order chi connectivity index (χ1) is 9.24. The molecule has 3 nitrogen and oxygen atoms in total. The van der Waals surface area contributed by atoms with Crippen LogP contribution in [0.2, 0.25) is 5.02 Å². The molecule has 0 aliphatic carbocycles. The molecule has 0 atom stereocenters. The van der Waals surface area contributed by atoms with E-state index in [-0.39, 0.29) is 0 Å². The summed E-state index contributed by atoms with van der Waals surface area (Å²) < 4.78 is 2.17. The molecule has 0 bridgehead atoms. The first-order valence-corrected chi connectivity index (χ1v) is 7.10. The average Bonchev–Trinajstić information content (AvgIpc) is 2.86. The number of rotatable bonds is 6. The van der Waals surface area contributed by atoms with E-state index in [4.69, 9.17) is 11.6 Å². The number of nitrogens with one attached hydrogen (secondary N) is 1. The van der Waals surface area contributed by atoms with Crippen molar-refractivity contribution in [3.8, 4) is 0 Å². The van der Waals surface area contributed by atoms with Crippen LogP contribution in [-0.2, 0) is 19.5 Å². The molecule has 0 saturated carbocycles. The summed E-state index contributed by atoms with van der Waals surface area (Å²) >= 11 is 6.21. The zero-order valence-corrected chi connectivity index (χ0v) is 12.2. The lowest BCUT2D eigenvalue weighted by Crippen LogP contribution is -2.12. The van der Waals surface area contributed by atoms with E-state index in [1.165, 1.54) is 5.56 Å². The molecule has 1 N–H and O–H groups in total. The van der Waals surface area contributed by atoms with Crippen molar-refractivity contribution in [2.75, 3.05) is 6.54 Å². The maximum absolute atomic E-state index is 6.21. The third kappa shape index (κ3) is 3.58. The van der Waals surface area contributed by atoms with Gasteiger partial charge in [-0.05, 0) is 30.7 Å². The van der Waals surface area contributed by atoms with Crippen molar-refractivity contribution in [1.82, 2.24) is 14.9 Å². The Labute approximate surface area is 119 Å². The van der Waals surface area contributed by atoms with E-state index in [2.05, 4.69) is 40.8 Å². The van der Waals surface area contributed by atoms with Crippen molar-refractivity contribution in [2.45, 2.75) is 33.4 Å². The van der Waals surface area contributed by atoms with Crippen LogP contribution in [0.25, 0.3) is 0 Å². The Bertz CT molecular complexity index is 534. The lowest BCUT2D eigenvalue weighted by molar-refractivity contribution is 0.709. The Morgan fingerprint density at radius 3 is 2.89 bits per heavy atom. The minimum atomic E-state index is 0.811.